The van der Waals surface area contributed by atoms with Crippen LogP contribution in [0.15, 0.2) is 24.3 Å². The molecular formula is C14H14N2O2. The van der Waals surface area contributed by atoms with E-state index in [1.54, 1.807) is 17.6 Å². The molecule has 2 aromatic rings. The molecule has 1 aromatic heterocycles. The maximum atomic E-state index is 11.8. The topological polar surface area (TPSA) is 55.0 Å². The van der Waals surface area contributed by atoms with Gasteiger partial charge in [-0.1, -0.05) is 11.6 Å². The van der Waals surface area contributed by atoms with Gasteiger partial charge in [0.1, 0.15) is 12.2 Å². The van der Waals surface area contributed by atoms with Gasteiger partial charge in [-0.25, -0.2) is 4.79 Å². The van der Waals surface area contributed by atoms with Crippen molar-refractivity contribution in [1.82, 2.24) is 4.57 Å². The number of rotatable bonds is 3. The Balaban J connectivity index is 2.61. The number of benzene rings is 1. The summed E-state index contributed by atoms with van der Waals surface area (Å²) in [4.78, 5) is 11.8. The normalized spacial score (nSPS) is 10.3. The van der Waals surface area contributed by atoms with E-state index >= 15 is 0 Å². The SMILES string of the molecule is CCOC(=O)c1cc2cc(C)ccc2n1CC#N. The van der Waals surface area contributed by atoms with E-state index < -0.39 is 0 Å². The second kappa shape index (κ2) is 4.92. The maximum absolute atomic E-state index is 11.8. The second-order valence-electron chi connectivity index (χ2n) is 4.06. The molecule has 0 amide bonds. The predicted molar refractivity (Wildman–Crippen MR) is 68.2 cm³/mol. The molecule has 0 N–H and O–H groups in total. The first-order valence-electron chi connectivity index (χ1n) is 5.81. The number of fused-ring (bicyclic) bond motifs is 1. The van der Waals surface area contributed by atoms with Crippen molar-refractivity contribution in [3.05, 3.63) is 35.5 Å². The Hall–Kier alpha value is -2.28. The van der Waals surface area contributed by atoms with Gasteiger partial charge in [0.2, 0.25) is 0 Å². The predicted octanol–water partition coefficient (Wildman–Crippen LogP) is 2.65. The number of hydrogen-bond acceptors (Lipinski definition) is 3. The Labute approximate surface area is 105 Å². The third-order valence-corrected chi connectivity index (χ3v) is 2.77. The summed E-state index contributed by atoms with van der Waals surface area (Å²) in [7, 11) is 0. The molecule has 4 heteroatoms. The number of aromatic nitrogens is 1. The highest BCUT2D eigenvalue weighted by Crippen LogP contribution is 2.21. The maximum Gasteiger partial charge on any atom is 0.355 e. The molecule has 0 aliphatic carbocycles. The van der Waals surface area contributed by atoms with Crippen LogP contribution in [0, 0.1) is 18.3 Å². The smallest absolute Gasteiger partial charge is 0.355 e. The first kappa shape index (κ1) is 12.2. The quantitative estimate of drug-likeness (QED) is 0.777. The zero-order valence-electron chi connectivity index (χ0n) is 10.4. The fourth-order valence-corrected chi connectivity index (χ4v) is 2.01. The van der Waals surface area contributed by atoms with Crippen molar-refractivity contribution < 1.29 is 9.53 Å². The molecule has 1 heterocycles. The molecule has 0 fully saturated rings. The van der Waals surface area contributed by atoms with Crippen molar-refractivity contribution in [2.45, 2.75) is 20.4 Å². The van der Waals surface area contributed by atoms with Crippen LogP contribution < -0.4 is 0 Å². The van der Waals surface area contributed by atoms with Gasteiger partial charge in [-0.15, -0.1) is 0 Å². The van der Waals surface area contributed by atoms with Crippen molar-refractivity contribution in [3.8, 4) is 6.07 Å². The molecule has 0 saturated carbocycles. The molecule has 0 atom stereocenters. The van der Waals surface area contributed by atoms with E-state index in [1.807, 2.05) is 25.1 Å². The van der Waals surface area contributed by atoms with E-state index in [1.165, 1.54) is 0 Å². The van der Waals surface area contributed by atoms with E-state index in [0.29, 0.717) is 12.3 Å². The highest BCUT2D eigenvalue weighted by Gasteiger charge is 2.16. The fraction of sp³-hybridized carbons (Fsp3) is 0.286. The average molecular weight is 242 g/mol. The van der Waals surface area contributed by atoms with Gasteiger partial charge in [-0.2, -0.15) is 5.26 Å². The lowest BCUT2D eigenvalue weighted by Crippen LogP contribution is -2.11. The van der Waals surface area contributed by atoms with Crippen molar-refractivity contribution >= 4 is 16.9 Å². The van der Waals surface area contributed by atoms with Crippen LogP contribution in [0.4, 0.5) is 0 Å². The van der Waals surface area contributed by atoms with Crippen LogP contribution in [0.1, 0.15) is 23.0 Å². The largest absolute Gasteiger partial charge is 0.461 e. The first-order chi connectivity index (χ1) is 8.67. The van der Waals surface area contributed by atoms with Gasteiger partial charge in [0.25, 0.3) is 0 Å². The van der Waals surface area contributed by atoms with Crippen LogP contribution in [0.25, 0.3) is 10.9 Å². The van der Waals surface area contributed by atoms with Crippen molar-refractivity contribution in [2.24, 2.45) is 0 Å². The van der Waals surface area contributed by atoms with E-state index in [0.717, 1.165) is 16.5 Å². The number of nitrogens with zero attached hydrogens (tertiary/aromatic N) is 2. The van der Waals surface area contributed by atoms with Gasteiger partial charge < -0.3 is 9.30 Å². The van der Waals surface area contributed by atoms with Crippen LogP contribution in [0.5, 0.6) is 0 Å². The molecule has 1 aromatic carbocycles. The molecule has 0 aliphatic heterocycles. The average Bonchev–Trinajstić information content (AvgIpc) is 2.68. The molecule has 0 saturated heterocycles. The van der Waals surface area contributed by atoms with Gasteiger partial charge in [-0.3, -0.25) is 0 Å². The summed E-state index contributed by atoms with van der Waals surface area (Å²) < 4.78 is 6.69. The molecule has 0 aliphatic rings. The Kier molecular flexibility index (Phi) is 3.33. The Morgan fingerprint density at radius 2 is 2.22 bits per heavy atom. The van der Waals surface area contributed by atoms with Crippen LogP contribution in [0.2, 0.25) is 0 Å². The Morgan fingerprint density at radius 1 is 1.44 bits per heavy atom. The summed E-state index contributed by atoms with van der Waals surface area (Å²) in [5.41, 5.74) is 2.43. The Bertz CT molecular complexity index is 635. The number of ether oxygens (including phenoxy) is 1. The first-order valence-corrected chi connectivity index (χ1v) is 5.81. The molecule has 18 heavy (non-hydrogen) atoms. The van der Waals surface area contributed by atoms with E-state index in [-0.39, 0.29) is 12.5 Å². The molecule has 0 bridgehead atoms. The van der Waals surface area contributed by atoms with Crippen LogP contribution in [0.3, 0.4) is 0 Å². The van der Waals surface area contributed by atoms with Crippen LogP contribution >= 0.6 is 0 Å². The number of nitriles is 1. The van der Waals surface area contributed by atoms with E-state index in [2.05, 4.69) is 6.07 Å². The molecule has 0 spiro atoms. The second-order valence-corrected chi connectivity index (χ2v) is 4.06. The molecule has 4 nitrogen and oxygen atoms in total. The summed E-state index contributed by atoms with van der Waals surface area (Å²) in [5, 5.41) is 9.82. The molecular weight excluding hydrogens is 228 g/mol. The summed E-state index contributed by atoms with van der Waals surface area (Å²) in [6.07, 6.45) is 0. The van der Waals surface area contributed by atoms with Crippen molar-refractivity contribution in [2.75, 3.05) is 6.61 Å². The van der Waals surface area contributed by atoms with Crippen LogP contribution in [-0.2, 0) is 11.3 Å². The lowest BCUT2D eigenvalue weighted by atomic mass is 10.2. The van der Waals surface area contributed by atoms with Gasteiger partial charge >= 0.3 is 5.97 Å². The van der Waals surface area contributed by atoms with E-state index in [4.69, 9.17) is 10.00 Å². The lowest BCUT2D eigenvalue weighted by molar-refractivity contribution is 0.0515. The summed E-state index contributed by atoms with van der Waals surface area (Å²) in [5.74, 6) is -0.387. The summed E-state index contributed by atoms with van der Waals surface area (Å²) in [6, 6.07) is 9.72. The summed E-state index contributed by atoms with van der Waals surface area (Å²) >= 11 is 0. The number of hydrogen-bond donors (Lipinski definition) is 0. The van der Waals surface area contributed by atoms with Crippen molar-refractivity contribution in [1.29, 1.82) is 5.26 Å². The summed E-state index contributed by atoms with van der Waals surface area (Å²) in [6.45, 7) is 4.22. The van der Waals surface area contributed by atoms with Crippen molar-refractivity contribution in [3.63, 3.8) is 0 Å². The standard InChI is InChI=1S/C14H14N2O2/c1-3-18-14(17)13-9-11-8-10(2)4-5-12(11)16(13)7-6-15/h4-5,8-9H,3,7H2,1-2H3. The number of aryl methyl sites for hydroxylation is 1. The zero-order valence-corrected chi connectivity index (χ0v) is 10.4. The molecule has 92 valence electrons. The monoisotopic (exact) mass is 242 g/mol. The lowest BCUT2D eigenvalue weighted by Gasteiger charge is -2.05. The Morgan fingerprint density at radius 3 is 2.89 bits per heavy atom. The number of carbonyl (C=O) groups excluding carboxylic acids is 1. The van der Waals surface area contributed by atoms with Gasteiger partial charge in [-0.05, 0) is 32.0 Å². The van der Waals surface area contributed by atoms with Gasteiger partial charge in [0.15, 0.2) is 0 Å². The highest BCUT2D eigenvalue weighted by molar-refractivity contribution is 5.95. The highest BCUT2D eigenvalue weighted by atomic mass is 16.5. The third kappa shape index (κ3) is 2.07. The van der Waals surface area contributed by atoms with Gasteiger partial charge in [0.05, 0.1) is 12.7 Å². The minimum atomic E-state index is -0.387. The molecule has 0 radical (unpaired) electrons. The number of carbonyl (C=O) groups is 1. The zero-order chi connectivity index (χ0) is 13.1. The van der Waals surface area contributed by atoms with Crippen LogP contribution in [-0.4, -0.2) is 17.1 Å². The fourth-order valence-electron chi connectivity index (χ4n) is 2.01. The molecule has 0 unspecified atom stereocenters. The van der Waals surface area contributed by atoms with E-state index in [9.17, 15) is 4.79 Å². The molecule has 2 rings (SSSR count). The van der Waals surface area contributed by atoms with Gasteiger partial charge in [0, 0.05) is 10.9 Å². The number of esters is 1. The minimum absolute atomic E-state index is 0.140. The third-order valence-electron chi connectivity index (χ3n) is 2.77. The minimum Gasteiger partial charge on any atom is -0.461 e.